The number of benzene rings is 2. The van der Waals surface area contributed by atoms with Crippen molar-refractivity contribution in [2.45, 2.75) is 19.0 Å². The number of carbonyl (C=O) groups excluding carboxylic acids is 1. The number of ether oxygens (including phenoxy) is 1. The zero-order chi connectivity index (χ0) is 19.3. The first-order valence-electron chi connectivity index (χ1n) is 9.50. The van der Waals surface area contributed by atoms with E-state index in [1.807, 2.05) is 53.3 Å². The van der Waals surface area contributed by atoms with Crippen molar-refractivity contribution in [3.8, 4) is 17.0 Å². The predicted molar refractivity (Wildman–Crippen MR) is 108 cm³/mol. The maximum atomic E-state index is 13.0. The summed E-state index contributed by atoms with van der Waals surface area (Å²) >= 11 is 0. The van der Waals surface area contributed by atoms with E-state index in [4.69, 9.17) is 9.84 Å². The van der Waals surface area contributed by atoms with Gasteiger partial charge in [-0.2, -0.15) is 5.10 Å². The molecule has 3 aromatic rings. The lowest BCUT2D eigenvalue weighted by atomic mass is 10.1. The molecule has 1 aliphatic heterocycles. The number of methoxy groups -OCH3 is 1. The lowest BCUT2D eigenvalue weighted by Crippen LogP contribution is -2.36. The Labute approximate surface area is 164 Å². The maximum absolute atomic E-state index is 13.0. The summed E-state index contributed by atoms with van der Waals surface area (Å²) in [6.07, 6.45) is 2.78. The van der Waals surface area contributed by atoms with E-state index in [1.54, 1.807) is 7.11 Å². The molecule has 1 aliphatic rings. The molecule has 2 N–H and O–H groups in total. The molecular formula is C22H24N4O2. The summed E-state index contributed by atoms with van der Waals surface area (Å²) in [5.74, 6) is 0.646. The van der Waals surface area contributed by atoms with Gasteiger partial charge in [-0.05, 0) is 30.7 Å². The van der Waals surface area contributed by atoms with Crippen molar-refractivity contribution >= 4 is 5.91 Å². The largest absolute Gasteiger partial charge is 0.497 e. The molecule has 0 radical (unpaired) electrons. The van der Waals surface area contributed by atoms with E-state index >= 15 is 0 Å². The van der Waals surface area contributed by atoms with Gasteiger partial charge in [0.15, 0.2) is 0 Å². The van der Waals surface area contributed by atoms with Crippen LogP contribution in [-0.2, 0) is 6.54 Å². The molecule has 1 unspecified atom stereocenters. The van der Waals surface area contributed by atoms with E-state index in [2.05, 4.69) is 22.8 Å². The van der Waals surface area contributed by atoms with Crippen LogP contribution < -0.4 is 15.4 Å². The van der Waals surface area contributed by atoms with Crippen LogP contribution in [0.2, 0.25) is 0 Å². The zero-order valence-corrected chi connectivity index (χ0v) is 15.9. The molecule has 6 nitrogen and oxygen atoms in total. The van der Waals surface area contributed by atoms with Crippen LogP contribution in [0.4, 0.5) is 0 Å². The Kier molecular flexibility index (Phi) is 5.39. The van der Waals surface area contributed by atoms with Crippen LogP contribution in [0.3, 0.4) is 0 Å². The van der Waals surface area contributed by atoms with E-state index < -0.39 is 0 Å². The summed E-state index contributed by atoms with van der Waals surface area (Å²) in [6, 6.07) is 17.9. The number of hydrogen-bond donors (Lipinski definition) is 2. The second-order valence-electron chi connectivity index (χ2n) is 6.97. The summed E-state index contributed by atoms with van der Waals surface area (Å²) < 4.78 is 7.17. The normalized spacial score (nSPS) is 16.1. The molecule has 28 heavy (non-hydrogen) atoms. The average molecular weight is 376 g/mol. The van der Waals surface area contributed by atoms with E-state index in [0.29, 0.717) is 17.8 Å². The van der Waals surface area contributed by atoms with Crippen LogP contribution >= 0.6 is 0 Å². The first-order valence-corrected chi connectivity index (χ1v) is 9.50. The third-order valence-corrected chi connectivity index (χ3v) is 4.93. The number of rotatable bonds is 6. The second kappa shape index (κ2) is 8.27. The molecule has 6 heteroatoms. The SMILES string of the molecule is COc1cccc(-c2nn(Cc3ccccc3)cc2C(=O)NC2CCNC2)c1. The molecule has 0 spiro atoms. The fourth-order valence-corrected chi connectivity index (χ4v) is 3.46. The van der Waals surface area contributed by atoms with Gasteiger partial charge in [-0.15, -0.1) is 0 Å². The van der Waals surface area contributed by atoms with Crippen molar-refractivity contribution < 1.29 is 9.53 Å². The van der Waals surface area contributed by atoms with Gasteiger partial charge in [0.05, 0.1) is 19.2 Å². The fourth-order valence-electron chi connectivity index (χ4n) is 3.46. The van der Waals surface area contributed by atoms with Gasteiger partial charge >= 0.3 is 0 Å². The van der Waals surface area contributed by atoms with Gasteiger partial charge in [0.25, 0.3) is 5.91 Å². The molecule has 1 aromatic heterocycles. The predicted octanol–water partition coefficient (Wildman–Crippen LogP) is 2.70. The Morgan fingerprint density at radius 1 is 1.25 bits per heavy atom. The highest BCUT2D eigenvalue weighted by molar-refractivity contribution is 6.00. The van der Waals surface area contributed by atoms with Crippen molar-refractivity contribution in [2.24, 2.45) is 0 Å². The minimum absolute atomic E-state index is 0.0918. The summed E-state index contributed by atoms with van der Waals surface area (Å²) in [7, 11) is 1.63. The summed E-state index contributed by atoms with van der Waals surface area (Å²) in [5, 5.41) is 11.1. The minimum atomic E-state index is -0.0918. The second-order valence-corrected chi connectivity index (χ2v) is 6.97. The van der Waals surface area contributed by atoms with E-state index in [9.17, 15) is 4.79 Å². The topological polar surface area (TPSA) is 68.2 Å². The van der Waals surface area contributed by atoms with Crippen LogP contribution in [0.15, 0.2) is 60.8 Å². The number of nitrogens with zero attached hydrogens (tertiary/aromatic N) is 2. The first-order chi connectivity index (χ1) is 13.7. The number of nitrogens with one attached hydrogen (secondary N) is 2. The van der Waals surface area contributed by atoms with Gasteiger partial charge in [0.2, 0.25) is 0 Å². The Hall–Kier alpha value is -3.12. The third-order valence-electron chi connectivity index (χ3n) is 4.93. The van der Waals surface area contributed by atoms with Crippen molar-refractivity contribution in [1.82, 2.24) is 20.4 Å². The van der Waals surface area contributed by atoms with Gasteiger partial charge < -0.3 is 15.4 Å². The average Bonchev–Trinajstić information content (AvgIpc) is 3.39. The maximum Gasteiger partial charge on any atom is 0.255 e. The summed E-state index contributed by atoms with van der Waals surface area (Å²) in [5.41, 5.74) is 3.24. The van der Waals surface area contributed by atoms with Gasteiger partial charge in [-0.25, -0.2) is 0 Å². The van der Waals surface area contributed by atoms with Crippen molar-refractivity contribution in [2.75, 3.05) is 20.2 Å². The van der Waals surface area contributed by atoms with Crippen LogP contribution in [0, 0.1) is 0 Å². The van der Waals surface area contributed by atoms with Crippen molar-refractivity contribution in [3.63, 3.8) is 0 Å². The Bertz CT molecular complexity index is 946. The molecule has 1 fully saturated rings. The zero-order valence-electron chi connectivity index (χ0n) is 15.9. The van der Waals surface area contributed by atoms with E-state index in [-0.39, 0.29) is 11.9 Å². The third kappa shape index (κ3) is 4.07. The van der Waals surface area contributed by atoms with Gasteiger partial charge in [0, 0.05) is 24.3 Å². The molecule has 0 aliphatic carbocycles. The van der Waals surface area contributed by atoms with Crippen molar-refractivity contribution in [1.29, 1.82) is 0 Å². The van der Waals surface area contributed by atoms with Gasteiger partial charge in [0.1, 0.15) is 11.4 Å². The van der Waals surface area contributed by atoms with E-state index in [0.717, 1.165) is 36.4 Å². The Morgan fingerprint density at radius 3 is 2.86 bits per heavy atom. The summed E-state index contributed by atoms with van der Waals surface area (Å²) in [6.45, 7) is 2.34. The van der Waals surface area contributed by atoms with Crippen LogP contribution in [0.5, 0.6) is 5.75 Å². The standard InChI is InChI=1S/C22H24N4O2/c1-28-19-9-5-8-17(12-19)21-20(22(27)24-18-10-11-23-13-18)15-26(25-21)14-16-6-3-2-4-7-16/h2-9,12,15,18,23H,10-11,13-14H2,1H3,(H,24,27). The lowest BCUT2D eigenvalue weighted by molar-refractivity contribution is 0.0940. The van der Waals surface area contributed by atoms with E-state index in [1.165, 1.54) is 0 Å². The number of aromatic nitrogens is 2. The molecule has 144 valence electrons. The minimum Gasteiger partial charge on any atom is -0.497 e. The molecule has 0 saturated carbocycles. The number of hydrogen-bond acceptors (Lipinski definition) is 4. The highest BCUT2D eigenvalue weighted by Gasteiger charge is 2.22. The van der Waals surface area contributed by atoms with Crippen molar-refractivity contribution in [3.05, 3.63) is 71.9 Å². The molecule has 1 amide bonds. The highest BCUT2D eigenvalue weighted by atomic mass is 16.5. The lowest BCUT2D eigenvalue weighted by Gasteiger charge is -2.11. The fraction of sp³-hybridized carbons (Fsp3) is 0.273. The van der Waals surface area contributed by atoms with Crippen LogP contribution in [0.1, 0.15) is 22.3 Å². The van der Waals surface area contributed by atoms with Crippen LogP contribution in [-0.4, -0.2) is 41.9 Å². The van der Waals surface area contributed by atoms with Gasteiger partial charge in [-0.3, -0.25) is 9.48 Å². The Balaban J connectivity index is 1.67. The van der Waals surface area contributed by atoms with Crippen LogP contribution in [0.25, 0.3) is 11.3 Å². The molecule has 2 aromatic carbocycles. The Morgan fingerprint density at radius 2 is 2.11 bits per heavy atom. The molecule has 0 bridgehead atoms. The smallest absolute Gasteiger partial charge is 0.255 e. The summed E-state index contributed by atoms with van der Waals surface area (Å²) in [4.78, 5) is 13.0. The molecule has 2 heterocycles. The molecule has 1 saturated heterocycles. The quantitative estimate of drug-likeness (QED) is 0.694. The monoisotopic (exact) mass is 376 g/mol. The number of carbonyl (C=O) groups is 1. The van der Waals surface area contributed by atoms with Gasteiger partial charge in [-0.1, -0.05) is 42.5 Å². The highest BCUT2D eigenvalue weighted by Crippen LogP contribution is 2.26. The molecule has 4 rings (SSSR count). The number of amides is 1. The molecule has 1 atom stereocenters. The first kappa shape index (κ1) is 18.3. The molecular weight excluding hydrogens is 352 g/mol.